The average Bonchev–Trinajstić information content (AvgIpc) is 2.36. The second kappa shape index (κ2) is 3.66. The minimum atomic E-state index is 0.368. The van der Waals surface area contributed by atoms with Crippen LogP contribution in [-0.4, -0.2) is 10.2 Å². The van der Waals surface area contributed by atoms with E-state index in [0.717, 1.165) is 53.1 Å². The van der Waals surface area contributed by atoms with Gasteiger partial charge in [0.15, 0.2) is 0 Å². The summed E-state index contributed by atoms with van der Waals surface area (Å²) < 4.78 is 0. The van der Waals surface area contributed by atoms with Gasteiger partial charge in [-0.2, -0.15) is 0 Å². The van der Waals surface area contributed by atoms with Gasteiger partial charge >= 0.3 is 0 Å². The summed E-state index contributed by atoms with van der Waals surface area (Å²) in [5.41, 5.74) is 3.00. The molecule has 2 nitrogen and oxygen atoms in total. The van der Waals surface area contributed by atoms with Crippen LogP contribution in [0, 0.1) is 6.92 Å². The molecule has 17 heavy (non-hydrogen) atoms. The van der Waals surface area contributed by atoms with Gasteiger partial charge in [0.25, 0.3) is 0 Å². The number of hydrogen-bond donors (Lipinski definition) is 2. The monoisotopic (exact) mass is 228 g/mol. The summed E-state index contributed by atoms with van der Waals surface area (Å²) in [6.07, 6.45) is 3.94. The maximum atomic E-state index is 10.3. The van der Waals surface area contributed by atoms with Crippen molar-refractivity contribution in [2.45, 2.75) is 32.6 Å². The molecule has 0 aromatic heterocycles. The molecule has 0 unspecified atom stereocenters. The van der Waals surface area contributed by atoms with Crippen molar-refractivity contribution >= 4 is 10.8 Å². The van der Waals surface area contributed by atoms with E-state index in [1.807, 2.05) is 25.1 Å². The van der Waals surface area contributed by atoms with Gasteiger partial charge in [-0.05, 0) is 38.7 Å². The van der Waals surface area contributed by atoms with Crippen molar-refractivity contribution in [3.8, 4) is 11.5 Å². The molecule has 2 N–H and O–H groups in total. The van der Waals surface area contributed by atoms with Gasteiger partial charge in [0.2, 0.25) is 0 Å². The van der Waals surface area contributed by atoms with Crippen molar-refractivity contribution in [3.63, 3.8) is 0 Å². The molecule has 2 heteroatoms. The topological polar surface area (TPSA) is 40.5 Å². The molecule has 2 aromatic carbocycles. The number of aryl methyl sites for hydroxylation is 1. The summed E-state index contributed by atoms with van der Waals surface area (Å²) in [4.78, 5) is 0. The van der Waals surface area contributed by atoms with Gasteiger partial charge in [0.05, 0.1) is 0 Å². The third-order valence-corrected chi connectivity index (χ3v) is 3.72. The molecule has 0 fully saturated rings. The van der Waals surface area contributed by atoms with E-state index in [4.69, 9.17) is 0 Å². The normalized spacial score (nSPS) is 14.9. The Morgan fingerprint density at radius 3 is 2.12 bits per heavy atom. The molecule has 0 heterocycles. The van der Waals surface area contributed by atoms with Crippen molar-refractivity contribution < 1.29 is 10.2 Å². The van der Waals surface area contributed by atoms with Gasteiger partial charge < -0.3 is 10.2 Å². The van der Waals surface area contributed by atoms with Gasteiger partial charge in [-0.1, -0.05) is 17.7 Å². The van der Waals surface area contributed by atoms with E-state index in [-0.39, 0.29) is 0 Å². The highest BCUT2D eigenvalue weighted by Crippen LogP contribution is 2.42. The maximum absolute atomic E-state index is 10.3. The highest BCUT2D eigenvalue weighted by atomic mass is 16.3. The van der Waals surface area contributed by atoms with Crippen molar-refractivity contribution in [1.82, 2.24) is 0 Å². The number of fused-ring (bicyclic) bond motifs is 2. The lowest BCUT2D eigenvalue weighted by molar-refractivity contribution is 0.449. The molecule has 0 amide bonds. The van der Waals surface area contributed by atoms with Crippen molar-refractivity contribution in [2.75, 3.05) is 0 Å². The Hall–Kier alpha value is -1.70. The van der Waals surface area contributed by atoms with Gasteiger partial charge in [-0.25, -0.2) is 0 Å². The molecule has 0 atom stereocenters. The summed E-state index contributed by atoms with van der Waals surface area (Å²) in [6.45, 7) is 2.00. The first kappa shape index (κ1) is 10.5. The summed E-state index contributed by atoms with van der Waals surface area (Å²) in [5, 5.41) is 22.2. The third kappa shape index (κ3) is 1.47. The van der Waals surface area contributed by atoms with Gasteiger partial charge in [0, 0.05) is 21.9 Å². The Morgan fingerprint density at radius 1 is 0.882 bits per heavy atom. The van der Waals surface area contributed by atoms with Crippen LogP contribution in [0.5, 0.6) is 11.5 Å². The Morgan fingerprint density at radius 2 is 1.47 bits per heavy atom. The molecule has 0 saturated carbocycles. The van der Waals surface area contributed by atoms with Crippen LogP contribution in [0.15, 0.2) is 18.2 Å². The molecule has 0 aliphatic heterocycles. The largest absolute Gasteiger partial charge is 0.507 e. The van der Waals surface area contributed by atoms with Crippen LogP contribution < -0.4 is 0 Å². The van der Waals surface area contributed by atoms with Crippen molar-refractivity contribution in [3.05, 3.63) is 34.9 Å². The Labute approximate surface area is 101 Å². The first-order valence-corrected chi connectivity index (χ1v) is 6.14. The molecule has 0 radical (unpaired) electrons. The van der Waals surface area contributed by atoms with Crippen LogP contribution in [0.2, 0.25) is 0 Å². The molecule has 88 valence electrons. The SMILES string of the molecule is Cc1ccc2c(O)c3c(c(O)c2c1)CCCC3. The van der Waals surface area contributed by atoms with Gasteiger partial charge in [0.1, 0.15) is 11.5 Å². The molecule has 0 spiro atoms. The molecule has 1 aliphatic carbocycles. The summed E-state index contributed by atoms with van der Waals surface area (Å²) in [5.74, 6) is 0.740. The van der Waals surface area contributed by atoms with E-state index in [1.165, 1.54) is 0 Å². The zero-order valence-electron chi connectivity index (χ0n) is 9.95. The number of benzene rings is 2. The lowest BCUT2D eigenvalue weighted by atomic mass is 9.87. The summed E-state index contributed by atoms with van der Waals surface area (Å²) in [6, 6.07) is 5.81. The highest BCUT2D eigenvalue weighted by Gasteiger charge is 2.20. The Kier molecular flexibility index (Phi) is 2.25. The zero-order chi connectivity index (χ0) is 12.0. The number of phenolic OH excluding ortho intramolecular Hbond substituents is 2. The minimum Gasteiger partial charge on any atom is -0.507 e. The second-order valence-corrected chi connectivity index (χ2v) is 4.91. The highest BCUT2D eigenvalue weighted by molar-refractivity contribution is 5.96. The van der Waals surface area contributed by atoms with E-state index in [9.17, 15) is 10.2 Å². The lowest BCUT2D eigenvalue weighted by Crippen LogP contribution is -2.03. The standard InChI is InChI=1S/C15H16O2/c1-9-6-7-12-13(8-9)15(17)11-5-3-2-4-10(11)14(12)16/h6-8,16-17H,2-5H2,1H3. The number of rotatable bonds is 0. The van der Waals surface area contributed by atoms with Gasteiger partial charge in [-0.15, -0.1) is 0 Å². The quantitative estimate of drug-likeness (QED) is 0.678. The summed E-state index contributed by atoms with van der Waals surface area (Å²) >= 11 is 0. The smallest absolute Gasteiger partial charge is 0.127 e. The fraction of sp³-hybridized carbons (Fsp3) is 0.333. The van der Waals surface area contributed by atoms with Crippen LogP contribution in [0.4, 0.5) is 0 Å². The third-order valence-electron chi connectivity index (χ3n) is 3.72. The number of aromatic hydroxyl groups is 2. The maximum Gasteiger partial charge on any atom is 0.127 e. The average molecular weight is 228 g/mol. The first-order chi connectivity index (χ1) is 8.18. The minimum absolute atomic E-state index is 0.368. The molecule has 1 aliphatic rings. The molecular formula is C15H16O2. The van der Waals surface area contributed by atoms with E-state index in [2.05, 4.69) is 0 Å². The van der Waals surface area contributed by atoms with Crippen LogP contribution in [0.3, 0.4) is 0 Å². The Balaban J connectivity index is 2.43. The number of hydrogen-bond acceptors (Lipinski definition) is 2. The number of phenols is 2. The summed E-state index contributed by atoms with van der Waals surface area (Å²) in [7, 11) is 0. The van der Waals surface area contributed by atoms with E-state index in [1.54, 1.807) is 0 Å². The molecule has 0 bridgehead atoms. The van der Waals surface area contributed by atoms with Crippen LogP contribution in [0.1, 0.15) is 29.5 Å². The van der Waals surface area contributed by atoms with Crippen LogP contribution in [0.25, 0.3) is 10.8 Å². The molecule has 0 saturated heterocycles. The predicted octanol–water partition coefficient (Wildman–Crippen LogP) is 3.44. The first-order valence-electron chi connectivity index (χ1n) is 6.14. The van der Waals surface area contributed by atoms with Crippen molar-refractivity contribution in [2.24, 2.45) is 0 Å². The Bertz CT molecular complexity index is 600. The van der Waals surface area contributed by atoms with Crippen molar-refractivity contribution in [1.29, 1.82) is 0 Å². The van der Waals surface area contributed by atoms with E-state index < -0.39 is 0 Å². The fourth-order valence-corrected chi connectivity index (χ4v) is 2.81. The molecule has 3 rings (SSSR count). The zero-order valence-corrected chi connectivity index (χ0v) is 9.95. The lowest BCUT2D eigenvalue weighted by Gasteiger charge is -2.20. The van der Waals surface area contributed by atoms with Crippen LogP contribution in [-0.2, 0) is 12.8 Å². The predicted molar refractivity (Wildman–Crippen MR) is 68.7 cm³/mol. The fourth-order valence-electron chi connectivity index (χ4n) is 2.81. The second-order valence-electron chi connectivity index (χ2n) is 4.91. The molecule has 2 aromatic rings. The van der Waals surface area contributed by atoms with E-state index in [0.29, 0.717) is 11.5 Å². The van der Waals surface area contributed by atoms with E-state index >= 15 is 0 Å². The van der Waals surface area contributed by atoms with Gasteiger partial charge in [-0.3, -0.25) is 0 Å². The van der Waals surface area contributed by atoms with Crippen LogP contribution >= 0.6 is 0 Å². The molecular weight excluding hydrogens is 212 g/mol.